The zero-order chi connectivity index (χ0) is 14.9. The first-order valence-electron chi connectivity index (χ1n) is 7.30. The van der Waals surface area contributed by atoms with Gasteiger partial charge in [-0.25, -0.2) is 9.18 Å². The number of β-amino-alcohol motifs (C(OH)–C–C–N with tert-alkyl or cyclic N) is 1. The molecule has 20 heavy (non-hydrogen) atoms. The van der Waals surface area contributed by atoms with Gasteiger partial charge < -0.3 is 14.7 Å². The lowest BCUT2D eigenvalue weighted by molar-refractivity contribution is 0.0268. The van der Waals surface area contributed by atoms with Gasteiger partial charge in [-0.1, -0.05) is 0 Å². The molecule has 6 heteroatoms. The van der Waals surface area contributed by atoms with Gasteiger partial charge in [-0.3, -0.25) is 4.90 Å². The quantitative estimate of drug-likeness (QED) is 0.792. The molecule has 0 aliphatic carbocycles. The topological polar surface area (TPSA) is 53.0 Å². The SMILES string of the molecule is CC(C)(C)OC(=O)N1C[C@@H](O)[C@H](N2CCC(F)CC2)C1. The monoisotopic (exact) mass is 288 g/mol. The van der Waals surface area contributed by atoms with Gasteiger partial charge in [-0.2, -0.15) is 0 Å². The number of hydrogen-bond acceptors (Lipinski definition) is 4. The van der Waals surface area contributed by atoms with E-state index in [1.54, 1.807) is 4.90 Å². The molecule has 2 aliphatic heterocycles. The fourth-order valence-corrected chi connectivity index (χ4v) is 2.80. The van der Waals surface area contributed by atoms with E-state index >= 15 is 0 Å². The largest absolute Gasteiger partial charge is 0.444 e. The number of amides is 1. The summed E-state index contributed by atoms with van der Waals surface area (Å²) in [5, 5.41) is 10.1. The summed E-state index contributed by atoms with van der Waals surface area (Å²) < 4.78 is 18.5. The molecule has 1 amide bonds. The maximum atomic E-state index is 13.2. The Labute approximate surface area is 119 Å². The third-order valence-corrected chi connectivity index (χ3v) is 3.84. The molecule has 0 saturated carbocycles. The van der Waals surface area contributed by atoms with Crippen LogP contribution in [0, 0.1) is 0 Å². The molecular weight excluding hydrogens is 263 g/mol. The first-order valence-corrected chi connectivity index (χ1v) is 7.30. The molecule has 0 spiro atoms. The van der Waals surface area contributed by atoms with E-state index in [-0.39, 0.29) is 18.7 Å². The number of likely N-dealkylation sites (tertiary alicyclic amines) is 2. The van der Waals surface area contributed by atoms with E-state index in [2.05, 4.69) is 4.90 Å². The minimum absolute atomic E-state index is 0.102. The van der Waals surface area contributed by atoms with Gasteiger partial charge in [0.25, 0.3) is 0 Å². The molecule has 2 atom stereocenters. The second-order valence-corrected chi connectivity index (χ2v) is 6.73. The molecule has 116 valence electrons. The van der Waals surface area contributed by atoms with Crippen molar-refractivity contribution in [3.8, 4) is 0 Å². The Hall–Kier alpha value is -0.880. The summed E-state index contributed by atoms with van der Waals surface area (Å²) >= 11 is 0. The molecule has 0 bridgehead atoms. The number of ether oxygens (including phenoxy) is 1. The maximum Gasteiger partial charge on any atom is 0.410 e. The zero-order valence-corrected chi connectivity index (χ0v) is 12.5. The summed E-state index contributed by atoms with van der Waals surface area (Å²) in [5.41, 5.74) is -0.535. The molecule has 2 rings (SSSR count). The Bertz CT molecular complexity index is 351. The number of rotatable bonds is 1. The number of carbonyl (C=O) groups is 1. The van der Waals surface area contributed by atoms with Gasteiger partial charge in [0, 0.05) is 19.6 Å². The van der Waals surface area contributed by atoms with Crippen molar-refractivity contribution in [2.45, 2.75) is 57.5 Å². The van der Waals surface area contributed by atoms with Crippen LogP contribution in [0.4, 0.5) is 9.18 Å². The van der Waals surface area contributed by atoms with Gasteiger partial charge in [0.05, 0.1) is 18.7 Å². The van der Waals surface area contributed by atoms with E-state index < -0.39 is 17.9 Å². The van der Waals surface area contributed by atoms with Crippen LogP contribution in [0.2, 0.25) is 0 Å². The minimum atomic E-state index is -0.730. The van der Waals surface area contributed by atoms with E-state index in [4.69, 9.17) is 4.74 Å². The third kappa shape index (κ3) is 3.82. The van der Waals surface area contributed by atoms with Gasteiger partial charge in [0.1, 0.15) is 11.8 Å². The summed E-state index contributed by atoms with van der Waals surface area (Å²) in [7, 11) is 0. The van der Waals surface area contributed by atoms with Crippen molar-refractivity contribution in [2.75, 3.05) is 26.2 Å². The number of carbonyl (C=O) groups excluding carboxylic acids is 1. The normalized spacial score (nSPS) is 29.8. The van der Waals surface area contributed by atoms with Crippen molar-refractivity contribution in [3.63, 3.8) is 0 Å². The van der Waals surface area contributed by atoms with Crippen LogP contribution in [0.15, 0.2) is 0 Å². The van der Waals surface area contributed by atoms with Gasteiger partial charge in [-0.05, 0) is 33.6 Å². The van der Waals surface area contributed by atoms with Crippen LogP contribution < -0.4 is 0 Å². The smallest absolute Gasteiger partial charge is 0.410 e. The molecular formula is C14H25FN2O3. The van der Waals surface area contributed by atoms with Gasteiger partial charge in [-0.15, -0.1) is 0 Å². The number of aliphatic hydroxyl groups is 1. The lowest BCUT2D eigenvalue weighted by Gasteiger charge is -2.34. The van der Waals surface area contributed by atoms with E-state index in [1.165, 1.54) is 0 Å². The molecule has 2 fully saturated rings. The lowest BCUT2D eigenvalue weighted by atomic mass is 10.1. The van der Waals surface area contributed by atoms with Crippen LogP contribution in [0.5, 0.6) is 0 Å². The highest BCUT2D eigenvalue weighted by Crippen LogP contribution is 2.23. The number of hydrogen-bond donors (Lipinski definition) is 1. The van der Waals surface area contributed by atoms with Crippen LogP contribution in [-0.4, -0.2) is 71.1 Å². The summed E-state index contributed by atoms with van der Waals surface area (Å²) in [6, 6.07) is -0.102. The Morgan fingerprint density at radius 2 is 1.85 bits per heavy atom. The lowest BCUT2D eigenvalue weighted by Crippen LogP contribution is -2.47. The number of alkyl halides is 1. The highest BCUT2D eigenvalue weighted by Gasteiger charge is 2.40. The third-order valence-electron chi connectivity index (χ3n) is 3.84. The Morgan fingerprint density at radius 1 is 1.25 bits per heavy atom. The molecule has 0 aromatic heterocycles. The molecule has 2 heterocycles. The van der Waals surface area contributed by atoms with Crippen LogP contribution in [-0.2, 0) is 4.74 Å². The summed E-state index contributed by atoms with van der Waals surface area (Å²) in [5.74, 6) is 0. The van der Waals surface area contributed by atoms with Gasteiger partial charge in [0.2, 0.25) is 0 Å². The molecule has 2 aliphatic rings. The second kappa shape index (κ2) is 5.85. The summed E-state index contributed by atoms with van der Waals surface area (Å²) in [4.78, 5) is 15.6. The Morgan fingerprint density at radius 3 is 2.40 bits per heavy atom. The molecule has 2 saturated heterocycles. The van der Waals surface area contributed by atoms with Crippen LogP contribution in [0.25, 0.3) is 0 Å². The number of piperidine rings is 1. The fraction of sp³-hybridized carbons (Fsp3) is 0.929. The first kappa shape index (κ1) is 15.5. The zero-order valence-electron chi connectivity index (χ0n) is 12.5. The van der Waals surface area contributed by atoms with Crippen molar-refractivity contribution >= 4 is 6.09 Å². The molecule has 1 N–H and O–H groups in total. The van der Waals surface area contributed by atoms with Crippen LogP contribution in [0.3, 0.4) is 0 Å². The van der Waals surface area contributed by atoms with Gasteiger partial charge >= 0.3 is 6.09 Å². The van der Waals surface area contributed by atoms with E-state index in [0.29, 0.717) is 32.5 Å². The predicted molar refractivity (Wildman–Crippen MR) is 73.3 cm³/mol. The summed E-state index contributed by atoms with van der Waals surface area (Å²) in [6.07, 6.45) is -0.685. The number of halogens is 1. The van der Waals surface area contributed by atoms with Crippen molar-refractivity contribution in [3.05, 3.63) is 0 Å². The van der Waals surface area contributed by atoms with E-state index in [9.17, 15) is 14.3 Å². The van der Waals surface area contributed by atoms with E-state index in [1.807, 2.05) is 20.8 Å². The Balaban J connectivity index is 1.90. The van der Waals surface area contributed by atoms with Crippen molar-refractivity contribution in [1.82, 2.24) is 9.80 Å². The highest BCUT2D eigenvalue weighted by atomic mass is 19.1. The maximum absolute atomic E-state index is 13.2. The molecule has 0 aromatic rings. The highest BCUT2D eigenvalue weighted by molar-refractivity contribution is 5.68. The fourth-order valence-electron chi connectivity index (χ4n) is 2.80. The Kier molecular flexibility index (Phi) is 4.54. The van der Waals surface area contributed by atoms with Gasteiger partial charge in [0.15, 0.2) is 0 Å². The standard InChI is InChI=1S/C14H25FN2O3/c1-14(2,3)20-13(19)17-8-11(12(18)9-17)16-6-4-10(15)5-7-16/h10-12,18H,4-9H2,1-3H3/t11-,12-/m1/s1. The van der Waals surface area contributed by atoms with E-state index in [0.717, 1.165) is 0 Å². The molecule has 5 nitrogen and oxygen atoms in total. The van der Waals surface area contributed by atoms with Crippen molar-refractivity contribution < 1.29 is 19.0 Å². The second-order valence-electron chi connectivity index (χ2n) is 6.73. The minimum Gasteiger partial charge on any atom is -0.444 e. The van der Waals surface area contributed by atoms with Crippen LogP contribution >= 0.6 is 0 Å². The summed E-state index contributed by atoms with van der Waals surface area (Å²) in [6.45, 7) is 7.49. The number of nitrogens with zero attached hydrogens (tertiary/aromatic N) is 2. The number of aliphatic hydroxyl groups excluding tert-OH is 1. The molecule has 0 aromatic carbocycles. The van der Waals surface area contributed by atoms with Crippen molar-refractivity contribution in [2.24, 2.45) is 0 Å². The molecule has 0 unspecified atom stereocenters. The van der Waals surface area contributed by atoms with Crippen LogP contribution in [0.1, 0.15) is 33.6 Å². The average molecular weight is 288 g/mol. The first-order chi connectivity index (χ1) is 9.26. The van der Waals surface area contributed by atoms with Crippen molar-refractivity contribution in [1.29, 1.82) is 0 Å². The average Bonchev–Trinajstić information content (AvgIpc) is 2.70. The molecule has 0 radical (unpaired) electrons. The predicted octanol–water partition coefficient (Wildman–Crippen LogP) is 1.40.